The van der Waals surface area contributed by atoms with Gasteiger partial charge in [0.05, 0.1) is 18.2 Å². The van der Waals surface area contributed by atoms with Gasteiger partial charge in [0.1, 0.15) is 5.75 Å². The lowest BCUT2D eigenvalue weighted by Crippen LogP contribution is -2.61. The van der Waals surface area contributed by atoms with Gasteiger partial charge in [-0.3, -0.25) is 14.5 Å². The van der Waals surface area contributed by atoms with E-state index in [9.17, 15) is 19.8 Å². The van der Waals surface area contributed by atoms with Crippen molar-refractivity contribution in [3.8, 4) is 5.75 Å². The Balaban J connectivity index is 1.57. The summed E-state index contributed by atoms with van der Waals surface area (Å²) in [5.74, 6) is 1.18. The molecule has 1 aliphatic carbocycles. The predicted molar refractivity (Wildman–Crippen MR) is 161 cm³/mol. The van der Waals surface area contributed by atoms with E-state index in [0.29, 0.717) is 35.3 Å². The summed E-state index contributed by atoms with van der Waals surface area (Å²) in [6.45, 7) is 8.84. The number of aliphatic hydroxyl groups is 1. The highest BCUT2D eigenvalue weighted by Crippen LogP contribution is 2.39. The first-order valence-corrected chi connectivity index (χ1v) is 15.5. The van der Waals surface area contributed by atoms with E-state index in [0.717, 1.165) is 30.7 Å². The first-order chi connectivity index (χ1) is 19.0. The van der Waals surface area contributed by atoms with E-state index in [2.05, 4.69) is 15.5 Å². The Labute approximate surface area is 243 Å². The zero-order valence-electron chi connectivity index (χ0n) is 24.2. The molecule has 0 aromatic heterocycles. The van der Waals surface area contributed by atoms with Crippen molar-refractivity contribution in [1.29, 1.82) is 0 Å². The normalized spacial score (nSPS) is 23.1. The van der Waals surface area contributed by atoms with Gasteiger partial charge in [-0.05, 0) is 76.6 Å². The molecule has 1 heterocycles. The molecule has 1 saturated heterocycles. The molecule has 2 aromatic carbocycles. The number of rotatable bonds is 9. The van der Waals surface area contributed by atoms with Crippen molar-refractivity contribution in [2.45, 2.75) is 88.4 Å². The van der Waals surface area contributed by atoms with Crippen molar-refractivity contribution >= 4 is 23.6 Å². The third-order valence-electron chi connectivity index (χ3n) is 8.23. The number of piperidine rings is 1. The second-order valence-electron chi connectivity index (χ2n) is 12.5. The summed E-state index contributed by atoms with van der Waals surface area (Å²) in [5, 5.41) is 27.9. The largest absolute Gasteiger partial charge is 0.508 e. The van der Waals surface area contributed by atoms with Crippen molar-refractivity contribution in [2.75, 3.05) is 18.8 Å². The number of carbonyl (C=O) groups excluding carboxylic acids is 2. The highest BCUT2D eigenvalue weighted by molar-refractivity contribution is 7.99. The van der Waals surface area contributed by atoms with Gasteiger partial charge in [-0.2, -0.15) is 0 Å². The van der Waals surface area contributed by atoms with Gasteiger partial charge >= 0.3 is 0 Å². The summed E-state index contributed by atoms with van der Waals surface area (Å²) in [6, 6.07) is 13.9. The highest BCUT2D eigenvalue weighted by atomic mass is 32.2. The number of thioether (sulfide) groups is 1. The lowest BCUT2D eigenvalue weighted by Gasteiger charge is -2.47. The average Bonchev–Trinajstić information content (AvgIpc) is 2.92. The molecular weight excluding hydrogens is 522 g/mol. The molecule has 1 saturated carbocycles. The minimum atomic E-state index is -0.845. The third kappa shape index (κ3) is 8.02. The predicted octanol–water partition coefficient (Wildman–Crippen LogP) is 4.75. The number of aliphatic hydroxyl groups excluding tert-OH is 1. The number of hydrogen-bond acceptors (Lipinski definition) is 6. The van der Waals surface area contributed by atoms with Gasteiger partial charge in [0.25, 0.3) is 5.91 Å². The number of carbonyl (C=O) groups is 2. The molecule has 218 valence electrons. The second kappa shape index (κ2) is 13.4. The van der Waals surface area contributed by atoms with Crippen LogP contribution in [0.5, 0.6) is 5.75 Å². The Morgan fingerprint density at radius 3 is 2.45 bits per heavy atom. The van der Waals surface area contributed by atoms with Crippen LogP contribution in [0.25, 0.3) is 0 Å². The molecule has 8 heteroatoms. The number of phenolic OH excluding ortho intramolecular Hbond substituents is 1. The van der Waals surface area contributed by atoms with E-state index in [1.165, 1.54) is 12.8 Å². The molecule has 2 amide bonds. The van der Waals surface area contributed by atoms with Crippen molar-refractivity contribution < 1.29 is 19.8 Å². The maximum Gasteiger partial charge on any atom is 0.252 e. The van der Waals surface area contributed by atoms with E-state index in [1.54, 1.807) is 36.9 Å². The number of hydrogen-bond donors (Lipinski definition) is 4. The van der Waals surface area contributed by atoms with Gasteiger partial charge < -0.3 is 20.8 Å². The number of nitrogens with one attached hydrogen (secondary N) is 2. The first-order valence-electron chi connectivity index (χ1n) is 14.5. The number of aromatic hydroxyl groups is 1. The van der Waals surface area contributed by atoms with Gasteiger partial charge in [0.2, 0.25) is 5.91 Å². The van der Waals surface area contributed by atoms with E-state index in [4.69, 9.17) is 0 Å². The van der Waals surface area contributed by atoms with Crippen molar-refractivity contribution in [3.05, 3.63) is 59.7 Å². The van der Waals surface area contributed by atoms with Crippen LogP contribution in [-0.4, -0.2) is 69.5 Å². The number of amides is 2. The summed E-state index contributed by atoms with van der Waals surface area (Å²) in [6.07, 6.45) is 4.69. The molecule has 2 aliphatic rings. The molecule has 40 heavy (non-hydrogen) atoms. The molecule has 0 radical (unpaired) electrons. The fourth-order valence-corrected chi connectivity index (χ4v) is 7.02. The molecule has 0 bridgehead atoms. The fourth-order valence-electron chi connectivity index (χ4n) is 6.07. The van der Waals surface area contributed by atoms with Crippen molar-refractivity contribution in [2.24, 2.45) is 11.8 Å². The zero-order chi connectivity index (χ0) is 28.9. The Kier molecular flexibility index (Phi) is 10.2. The van der Waals surface area contributed by atoms with Crippen LogP contribution >= 0.6 is 11.8 Å². The SMILES string of the molecule is Cc1c(O)cccc1C(=O)N[C@@H](CN1C[C@H]2CCCC[C@H]2C[C@H]1C(=O)NC(C)(C)C)[C@H](O)CSc1ccccc1. The summed E-state index contributed by atoms with van der Waals surface area (Å²) < 4.78 is 0. The molecule has 5 atom stereocenters. The van der Waals surface area contributed by atoms with Crippen LogP contribution in [0.2, 0.25) is 0 Å². The van der Waals surface area contributed by atoms with Crippen molar-refractivity contribution in [1.82, 2.24) is 15.5 Å². The van der Waals surface area contributed by atoms with Crippen LogP contribution in [0.4, 0.5) is 0 Å². The van der Waals surface area contributed by atoms with Crippen LogP contribution in [0, 0.1) is 18.8 Å². The van der Waals surface area contributed by atoms with Gasteiger partial charge in [-0.1, -0.05) is 43.5 Å². The molecule has 1 aliphatic heterocycles. The number of likely N-dealkylation sites (tertiary alicyclic amines) is 1. The molecule has 0 unspecified atom stereocenters. The number of nitrogens with zero attached hydrogens (tertiary/aromatic N) is 1. The zero-order valence-corrected chi connectivity index (χ0v) is 25.0. The highest BCUT2D eigenvalue weighted by Gasteiger charge is 2.42. The molecule has 2 fully saturated rings. The quantitative estimate of drug-likeness (QED) is 0.327. The van der Waals surface area contributed by atoms with Crippen LogP contribution in [0.3, 0.4) is 0 Å². The van der Waals surface area contributed by atoms with E-state index in [1.807, 2.05) is 51.1 Å². The molecule has 7 nitrogen and oxygen atoms in total. The first kappa shape index (κ1) is 30.4. The minimum Gasteiger partial charge on any atom is -0.508 e. The minimum absolute atomic E-state index is 0.0126. The standard InChI is InChI=1S/C32H45N3O4S/c1-21-25(15-10-16-28(21)36)30(38)33-26(29(37)20-40-24-13-6-5-7-14-24)19-35-18-23-12-9-8-11-22(23)17-27(35)31(39)34-32(2,3)4/h5-7,10,13-16,22-23,26-27,29,36-37H,8-9,11-12,17-20H2,1-4H3,(H,33,38)(H,34,39)/t22-,23+,26-,27-,29+/m0/s1. The molecular formula is C32H45N3O4S. The lowest BCUT2D eigenvalue weighted by atomic mass is 9.72. The smallest absolute Gasteiger partial charge is 0.252 e. The van der Waals surface area contributed by atoms with Crippen LogP contribution in [-0.2, 0) is 4.79 Å². The fraction of sp³-hybridized carbons (Fsp3) is 0.562. The van der Waals surface area contributed by atoms with Gasteiger partial charge in [-0.25, -0.2) is 0 Å². The summed E-state index contributed by atoms with van der Waals surface area (Å²) in [7, 11) is 0. The third-order valence-corrected chi connectivity index (χ3v) is 9.34. The summed E-state index contributed by atoms with van der Waals surface area (Å²) in [4.78, 5) is 30.2. The van der Waals surface area contributed by atoms with Crippen LogP contribution < -0.4 is 10.6 Å². The number of phenols is 1. The monoisotopic (exact) mass is 567 g/mol. The van der Waals surface area contributed by atoms with E-state index < -0.39 is 12.1 Å². The molecule has 2 aromatic rings. The molecule has 4 N–H and O–H groups in total. The van der Waals surface area contributed by atoms with E-state index >= 15 is 0 Å². The summed E-state index contributed by atoms with van der Waals surface area (Å²) >= 11 is 1.54. The second-order valence-corrected chi connectivity index (χ2v) is 13.6. The Hall–Kier alpha value is -2.55. The van der Waals surface area contributed by atoms with Gasteiger partial charge in [0.15, 0.2) is 0 Å². The molecule has 0 spiro atoms. The van der Waals surface area contributed by atoms with Crippen molar-refractivity contribution in [3.63, 3.8) is 0 Å². The Morgan fingerprint density at radius 2 is 1.75 bits per heavy atom. The Bertz CT molecular complexity index is 1150. The van der Waals surface area contributed by atoms with Gasteiger partial charge in [0, 0.05) is 40.4 Å². The Morgan fingerprint density at radius 1 is 1.05 bits per heavy atom. The number of benzene rings is 2. The summed E-state index contributed by atoms with van der Waals surface area (Å²) in [5.41, 5.74) is 0.525. The van der Waals surface area contributed by atoms with Crippen LogP contribution in [0.15, 0.2) is 53.4 Å². The van der Waals surface area contributed by atoms with Gasteiger partial charge in [-0.15, -0.1) is 11.8 Å². The van der Waals surface area contributed by atoms with Crippen LogP contribution in [0.1, 0.15) is 68.8 Å². The van der Waals surface area contributed by atoms with E-state index in [-0.39, 0.29) is 29.1 Å². The number of fused-ring (bicyclic) bond motifs is 1. The topological polar surface area (TPSA) is 102 Å². The lowest BCUT2D eigenvalue weighted by molar-refractivity contribution is -0.132. The maximum atomic E-state index is 13.6. The average molecular weight is 568 g/mol. The molecule has 4 rings (SSSR count). The maximum absolute atomic E-state index is 13.6.